The van der Waals surface area contributed by atoms with Crippen molar-refractivity contribution in [1.29, 1.82) is 0 Å². The summed E-state index contributed by atoms with van der Waals surface area (Å²) in [6.07, 6.45) is 0. The van der Waals surface area contributed by atoms with Crippen LogP contribution in [0.3, 0.4) is 0 Å². The average molecular weight is 206 g/mol. The van der Waals surface area contributed by atoms with Crippen molar-refractivity contribution >= 4 is 11.3 Å². The van der Waals surface area contributed by atoms with Gasteiger partial charge in [0, 0.05) is 5.69 Å². The first-order chi connectivity index (χ1) is 6.65. The van der Waals surface area contributed by atoms with Gasteiger partial charge in [-0.2, -0.15) is 0 Å². The van der Waals surface area contributed by atoms with Crippen molar-refractivity contribution in [1.82, 2.24) is 9.97 Å². The summed E-state index contributed by atoms with van der Waals surface area (Å²) in [4.78, 5) is 8.33. The highest BCUT2D eigenvalue weighted by Gasteiger charge is 2.05. The summed E-state index contributed by atoms with van der Waals surface area (Å²) in [5, 5.41) is 11.5. The number of nitrogens with zero attached hydrogens (tertiary/aromatic N) is 2. The van der Waals surface area contributed by atoms with Gasteiger partial charge >= 0.3 is 0 Å². The lowest BCUT2D eigenvalue weighted by atomic mass is 10.2. The molecule has 2 aromatic heterocycles. The molecule has 0 saturated carbocycles. The van der Waals surface area contributed by atoms with Gasteiger partial charge in [-0.15, -0.1) is 11.3 Å². The van der Waals surface area contributed by atoms with Crippen LogP contribution in [-0.2, 0) is 0 Å². The minimum Gasteiger partial charge on any atom is -0.493 e. The molecule has 2 aromatic rings. The van der Waals surface area contributed by atoms with E-state index in [1.807, 2.05) is 26.0 Å². The van der Waals surface area contributed by atoms with Crippen LogP contribution in [0.1, 0.15) is 11.3 Å². The zero-order valence-electron chi connectivity index (χ0n) is 7.98. The monoisotopic (exact) mass is 206 g/mol. The van der Waals surface area contributed by atoms with E-state index in [2.05, 4.69) is 9.97 Å². The van der Waals surface area contributed by atoms with E-state index in [9.17, 15) is 0 Å². The van der Waals surface area contributed by atoms with Gasteiger partial charge in [-0.25, -0.2) is 4.98 Å². The molecule has 0 saturated heterocycles. The molecule has 3 nitrogen and oxygen atoms in total. The fraction of sp³-hybridized carbons (Fsp3) is 0.200. The van der Waals surface area contributed by atoms with Crippen LogP contribution in [0.15, 0.2) is 17.5 Å². The molecule has 4 heteroatoms. The Balaban J connectivity index is 2.51. The molecule has 0 aliphatic carbocycles. The quantitative estimate of drug-likeness (QED) is 0.779. The van der Waals surface area contributed by atoms with Gasteiger partial charge in [0.1, 0.15) is 5.01 Å². The molecule has 0 amide bonds. The van der Waals surface area contributed by atoms with E-state index >= 15 is 0 Å². The molecule has 0 fully saturated rings. The molecular weight excluding hydrogens is 196 g/mol. The predicted octanol–water partition coefficient (Wildman–Crippen LogP) is 2.53. The zero-order valence-corrected chi connectivity index (χ0v) is 8.80. The average Bonchev–Trinajstić information content (AvgIpc) is 2.50. The van der Waals surface area contributed by atoms with Crippen LogP contribution in [0, 0.1) is 13.8 Å². The van der Waals surface area contributed by atoms with E-state index in [-0.39, 0.29) is 5.88 Å². The maximum absolute atomic E-state index is 9.12. The molecule has 2 heterocycles. The number of aromatic nitrogens is 2. The second kappa shape index (κ2) is 3.38. The first-order valence-corrected chi connectivity index (χ1v) is 5.13. The van der Waals surface area contributed by atoms with Crippen LogP contribution in [0.25, 0.3) is 10.7 Å². The minimum atomic E-state index is 0.0611. The molecule has 0 aromatic carbocycles. The summed E-state index contributed by atoms with van der Waals surface area (Å²) in [5.74, 6) is 0.0611. The lowest BCUT2D eigenvalue weighted by molar-refractivity contribution is 0.458. The Morgan fingerprint density at radius 1 is 1.21 bits per heavy atom. The number of aryl methyl sites for hydroxylation is 2. The Morgan fingerprint density at radius 2 is 2.00 bits per heavy atom. The number of rotatable bonds is 1. The first-order valence-electron chi connectivity index (χ1n) is 4.25. The van der Waals surface area contributed by atoms with Crippen molar-refractivity contribution in [2.45, 2.75) is 13.8 Å². The number of hydrogen-bond acceptors (Lipinski definition) is 4. The van der Waals surface area contributed by atoms with E-state index < -0.39 is 0 Å². The summed E-state index contributed by atoms with van der Waals surface area (Å²) in [6.45, 7) is 3.97. The van der Waals surface area contributed by atoms with Gasteiger partial charge in [0.05, 0.1) is 11.1 Å². The van der Waals surface area contributed by atoms with Gasteiger partial charge in [-0.3, -0.25) is 4.98 Å². The molecule has 1 N–H and O–H groups in total. The van der Waals surface area contributed by atoms with Crippen LogP contribution >= 0.6 is 11.3 Å². The third kappa shape index (κ3) is 1.75. The van der Waals surface area contributed by atoms with E-state index in [0.717, 1.165) is 22.0 Å². The third-order valence-electron chi connectivity index (χ3n) is 1.81. The number of thiazole rings is 1. The Labute approximate surface area is 86.1 Å². The molecule has 0 aliphatic rings. The standard InChI is InChI=1S/C10H10N2OS/c1-6-3-7(2)11-8(4-6)10-12-9(13)5-14-10/h3-5,13H,1-2H3. The first kappa shape index (κ1) is 9.15. The molecule has 0 spiro atoms. The topological polar surface area (TPSA) is 46.0 Å². The smallest absolute Gasteiger partial charge is 0.222 e. The van der Waals surface area contributed by atoms with Crippen LogP contribution < -0.4 is 0 Å². The van der Waals surface area contributed by atoms with E-state index in [1.165, 1.54) is 11.3 Å². The predicted molar refractivity (Wildman–Crippen MR) is 56.5 cm³/mol. The molecule has 72 valence electrons. The Morgan fingerprint density at radius 3 is 2.57 bits per heavy atom. The number of pyridine rings is 1. The van der Waals surface area contributed by atoms with Gasteiger partial charge in [-0.1, -0.05) is 0 Å². The van der Waals surface area contributed by atoms with Gasteiger partial charge < -0.3 is 5.11 Å². The summed E-state index contributed by atoms with van der Waals surface area (Å²) >= 11 is 1.40. The van der Waals surface area contributed by atoms with Crippen molar-refractivity contribution in [2.24, 2.45) is 0 Å². The zero-order chi connectivity index (χ0) is 10.1. The highest BCUT2D eigenvalue weighted by Crippen LogP contribution is 2.25. The summed E-state index contributed by atoms with van der Waals surface area (Å²) in [6, 6.07) is 3.97. The second-order valence-electron chi connectivity index (χ2n) is 3.18. The second-order valence-corrected chi connectivity index (χ2v) is 4.04. The molecule has 2 rings (SSSR count). The highest BCUT2D eigenvalue weighted by atomic mass is 32.1. The van der Waals surface area contributed by atoms with Gasteiger partial charge in [0.2, 0.25) is 5.88 Å². The van der Waals surface area contributed by atoms with E-state index in [1.54, 1.807) is 5.38 Å². The molecule has 0 aliphatic heterocycles. The fourth-order valence-electron chi connectivity index (χ4n) is 1.33. The molecule has 0 radical (unpaired) electrons. The summed E-state index contributed by atoms with van der Waals surface area (Å²) in [7, 11) is 0. The van der Waals surface area contributed by atoms with E-state index in [4.69, 9.17) is 5.11 Å². The lowest BCUT2D eigenvalue weighted by Gasteiger charge is -1.99. The normalized spacial score (nSPS) is 10.4. The molecule has 14 heavy (non-hydrogen) atoms. The van der Waals surface area contributed by atoms with Gasteiger partial charge in [0.25, 0.3) is 0 Å². The van der Waals surface area contributed by atoms with E-state index in [0.29, 0.717) is 0 Å². The maximum atomic E-state index is 9.12. The molecular formula is C10H10N2OS. The van der Waals surface area contributed by atoms with Crippen LogP contribution in [0.2, 0.25) is 0 Å². The maximum Gasteiger partial charge on any atom is 0.222 e. The largest absolute Gasteiger partial charge is 0.493 e. The lowest BCUT2D eigenvalue weighted by Crippen LogP contribution is -1.87. The molecule has 0 bridgehead atoms. The molecule has 0 unspecified atom stereocenters. The fourth-order valence-corrected chi connectivity index (χ4v) is 1.98. The minimum absolute atomic E-state index is 0.0611. The van der Waals surface area contributed by atoms with Crippen molar-refractivity contribution in [3.8, 4) is 16.6 Å². The third-order valence-corrected chi connectivity index (χ3v) is 2.66. The van der Waals surface area contributed by atoms with Crippen molar-refractivity contribution in [2.75, 3.05) is 0 Å². The SMILES string of the molecule is Cc1cc(C)nc(-c2nc(O)cs2)c1. The van der Waals surface area contributed by atoms with Gasteiger partial charge in [-0.05, 0) is 31.5 Å². The Bertz CT molecular complexity index is 445. The summed E-state index contributed by atoms with van der Waals surface area (Å²) < 4.78 is 0. The summed E-state index contributed by atoms with van der Waals surface area (Å²) in [5.41, 5.74) is 2.95. The van der Waals surface area contributed by atoms with Crippen LogP contribution in [0.4, 0.5) is 0 Å². The van der Waals surface area contributed by atoms with Gasteiger partial charge in [0.15, 0.2) is 0 Å². The number of hydrogen-bond donors (Lipinski definition) is 1. The van der Waals surface area contributed by atoms with Crippen molar-refractivity contribution in [3.63, 3.8) is 0 Å². The number of aromatic hydroxyl groups is 1. The van der Waals surface area contributed by atoms with Crippen molar-refractivity contribution < 1.29 is 5.11 Å². The van der Waals surface area contributed by atoms with Crippen LogP contribution in [-0.4, -0.2) is 15.1 Å². The highest BCUT2D eigenvalue weighted by molar-refractivity contribution is 7.13. The van der Waals surface area contributed by atoms with Crippen molar-refractivity contribution in [3.05, 3.63) is 28.8 Å². The van der Waals surface area contributed by atoms with Crippen LogP contribution in [0.5, 0.6) is 5.88 Å². The molecule has 0 atom stereocenters. The Kier molecular flexibility index (Phi) is 2.21. The Hall–Kier alpha value is -1.42.